The zero-order valence-corrected chi connectivity index (χ0v) is 12.5. The van der Waals surface area contributed by atoms with Gasteiger partial charge in [-0.2, -0.15) is 0 Å². The smallest absolute Gasteiger partial charge is 0.238 e. The molecule has 1 aromatic rings. The molecule has 1 heterocycles. The van der Waals surface area contributed by atoms with E-state index in [1.165, 1.54) is 12.8 Å². The van der Waals surface area contributed by atoms with E-state index in [9.17, 15) is 8.42 Å². The number of hydrogen-bond acceptors (Lipinski definition) is 4. The second kappa shape index (κ2) is 7.17. The second-order valence-corrected chi connectivity index (χ2v) is 6.90. The summed E-state index contributed by atoms with van der Waals surface area (Å²) in [5.41, 5.74) is 1.12. The fourth-order valence-corrected chi connectivity index (χ4v) is 2.99. The van der Waals surface area contributed by atoms with Crippen LogP contribution in [-0.4, -0.2) is 34.6 Å². The summed E-state index contributed by atoms with van der Waals surface area (Å²) in [5, 5.41) is 11.9. The first-order chi connectivity index (χ1) is 9.55. The van der Waals surface area contributed by atoms with Crippen molar-refractivity contribution < 1.29 is 8.42 Å². The maximum absolute atomic E-state index is 11.1. The highest BCUT2D eigenvalue weighted by molar-refractivity contribution is 7.89. The predicted molar refractivity (Wildman–Crippen MR) is 80.0 cm³/mol. The van der Waals surface area contributed by atoms with Gasteiger partial charge in [-0.25, -0.2) is 13.6 Å². The maximum Gasteiger partial charge on any atom is 0.238 e. The summed E-state index contributed by atoms with van der Waals surface area (Å²) >= 11 is 0. The second-order valence-electron chi connectivity index (χ2n) is 5.34. The maximum atomic E-state index is 11.1. The van der Waals surface area contributed by atoms with Crippen molar-refractivity contribution in [3.63, 3.8) is 0 Å². The van der Waals surface area contributed by atoms with Gasteiger partial charge in [0.15, 0.2) is 0 Å². The van der Waals surface area contributed by atoms with E-state index in [1.54, 1.807) is 12.1 Å². The van der Waals surface area contributed by atoms with E-state index in [4.69, 9.17) is 5.14 Å². The molecular formula is C14H23N3O2S. The fourth-order valence-electron chi connectivity index (χ4n) is 2.47. The quantitative estimate of drug-likeness (QED) is 0.666. The third-order valence-corrected chi connectivity index (χ3v) is 4.66. The van der Waals surface area contributed by atoms with Crippen LogP contribution >= 0.6 is 0 Å². The Hall–Kier alpha value is -0.950. The van der Waals surface area contributed by atoms with Crippen molar-refractivity contribution in [2.75, 3.05) is 26.2 Å². The van der Waals surface area contributed by atoms with Crippen LogP contribution in [0.4, 0.5) is 0 Å². The zero-order valence-electron chi connectivity index (χ0n) is 11.6. The van der Waals surface area contributed by atoms with Crippen molar-refractivity contribution >= 4 is 10.0 Å². The van der Waals surface area contributed by atoms with Gasteiger partial charge >= 0.3 is 0 Å². The Morgan fingerprint density at radius 2 is 1.85 bits per heavy atom. The molecule has 1 aromatic carbocycles. The lowest BCUT2D eigenvalue weighted by atomic mass is 9.98. The van der Waals surface area contributed by atoms with Crippen LogP contribution in [0.1, 0.15) is 18.4 Å². The average Bonchev–Trinajstić information content (AvgIpc) is 2.44. The Balaban J connectivity index is 1.71. The number of rotatable bonds is 6. The van der Waals surface area contributed by atoms with Crippen LogP contribution in [0.5, 0.6) is 0 Å². The first kappa shape index (κ1) is 15.4. The zero-order chi connectivity index (χ0) is 14.4. The molecule has 0 bridgehead atoms. The van der Waals surface area contributed by atoms with Gasteiger partial charge in [-0.15, -0.1) is 0 Å². The molecule has 6 heteroatoms. The molecule has 4 N–H and O–H groups in total. The van der Waals surface area contributed by atoms with Crippen LogP contribution in [0.15, 0.2) is 29.2 Å². The van der Waals surface area contributed by atoms with Gasteiger partial charge in [0.2, 0.25) is 10.0 Å². The Kier molecular flexibility index (Phi) is 5.54. The summed E-state index contributed by atoms with van der Waals surface area (Å²) in [4.78, 5) is 0.170. The molecule has 20 heavy (non-hydrogen) atoms. The Morgan fingerprint density at radius 1 is 1.20 bits per heavy atom. The first-order valence-electron chi connectivity index (χ1n) is 7.09. The number of primary sulfonamides is 1. The van der Waals surface area contributed by atoms with Crippen LogP contribution in [0.2, 0.25) is 0 Å². The van der Waals surface area contributed by atoms with Crippen LogP contribution in [0.3, 0.4) is 0 Å². The van der Waals surface area contributed by atoms with Gasteiger partial charge in [-0.05, 0) is 69.1 Å². The summed E-state index contributed by atoms with van der Waals surface area (Å²) in [5.74, 6) is 0.779. The van der Waals surface area contributed by atoms with Crippen molar-refractivity contribution in [2.24, 2.45) is 11.1 Å². The molecule has 0 radical (unpaired) electrons. The minimum atomic E-state index is -3.58. The number of nitrogens with one attached hydrogen (secondary N) is 2. The van der Waals surface area contributed by atoms with Gasteiger partial charge in [0.25, 0.3) is 0 Å². The van der Waals surface area contributed by atoms with Crippen molar-refractivity contribution in [3.8, 4) is 0 Å². The third-order valence-electron chi connectivity index (χ3n) is 3.73. The number of piperidine rings is 1. The van der Waals surface area contributed by atoms with Crippen molar-refractivity contribution in [2.45, 2.75) is 24.2 Å². The van der Waals surface area contributed by atoms with Gasteiger partial charge in [0.1, 0.15) is 0 Å². The lowest BCUT2D eigenvalue weighted by Gasteiger charge is -2.22. The van der Waals surface area contributed by atoms with E-state index in [-0.39, 0.29) is 4.90 Å². The Labute approximate surface area is 121 Å². The molecule has 0 aliphatic carbocycles. The largest absolute Gasteiger partial charge is 0.317 e. The summed E-state index contributed by atoms with van der Waals surface area (Å²) in [7, 11) is -3.58. The van der Waals surface area contributed by atoms with Crippen LogP contribution in [0.25, 0.3) is 0 Å². The van der Waals surface area contributed by atoms with Gasteiger partial charge < -0.3 is 10.6 Å². The normalized spacial score (nSPS) is 17.2. The first-order valence-corrected chi connectivity index (χ1v) is 8.63. The Morgan fingerprint density at radius 3 is 2.45 bits per heavy atom. The minimum absolute atomic E-state index is 0.170. The van der Waals surface area contributed by atoms with Crippen LogP contribution in [-0.2, 0) is 16.4 Å². The molecule has 0 amide bonds. The summed E-state index contributed by atoms with van der Waals surface area (Å²) in [6.07, 6.45) is 3.39. The molecule has 112 valence electrons. The van der Waals surface area contributed by atoms with Gasteiger partial charge in [0.05, 0.1) is 4.90 Å². The molecule has 0 aromatic heterocycles. The van der Waals surface area contributed by atoms with Crippen LogP contribution < -0.4 is 15.8 Å². The molecule has 0 unspecified atom stereocenters. The van der Waals surface area contributed by atoms with E-state index in [1.807, 2.05) is 12.1 Å². The van der Waals surface area contributed by atoms with E-state index in [0.29, 0.717) is 0 Å². The number of hydrogen-bond donors (Lipinski definition) is 3. The van der Waals surface area contributed by atoms with Gasteiger partial charge in [-0.3, -0.25) is 0 Å². The molecular weight excluding hydrogens is 274 g/mol. The number of nitrogens with two attached hydrogens (primary N) is 1. The van der Waals surface area contributed by atoms with E-state index in [2.05, 4.69) is 10.6 Å². The minimum Gasteiger partial charge on any atom is -0.317 e. The van der Waals surface area contributed by atoms with Gasteiger partial charge in [-0.1, -0.05) is 12.1 Å². The van der Waals surface area contributed by atoms with Gasteiger partial charge in [0, 0.05) is 0 Å². The summed E-state index contributed by atoms with van der Waals surface area (Å²) in [6, 6.07) is 6.78. The summed E-state index contributed by atoms with van der Waals surface area (Å²) in [6.45, 7) is 4.23. The molecule has 1 saturated heterocycles. The van der Waals surface area contributed by atoms with Crippen molar-refractivity contribution in [1.82, 2.24) is 10.6 Å². The van der Waals surface area contributed by atoms with E-state index < -0.39 is 10.0 Å². The number of benzene rings is 1. The van der Waals surface area contributed by atoms with E-state index >= 15 is 0 Å². The monoisotopic (exact) mass is 297 g/mol. The predicted octanol–water partition coefficient (Wildman–Crippen LogP) is 0.466. The lowest BCUT2D eigenvalue weighted by Crippen LogP contribution is -2.34. The molecule has 0 spiro atoms. The van der Waals surface area contributed by atoms with Crippen molar-refractivity contribution in [1.29, 1.82) is 0 Å². The Bertz CT molecular complexity index is 508. The lowest BCUT2D eigenvalue weighted by molar-refractivity contribution is 0.358. The number of sulfonamides is 1. The topological polar surface area (TPSA) is 84.2 Å². The standard InChI is InChI=1S/C14H23N3O2S/c15-20(18,19)14-3-1-12(2-4-14)5-10-17-11-13-6-8-16-9-7-13/h1-4,13,16-17H,5-11H2,(H2,15,18,19). The molecule has 0 saturated carbocycles. The molecule has 5 nitrogen and oxygen atoms in total. The molecule has 0 atom stereocenters. The highest BCUT2D eigenvalue weighted by Gasteiger charge is 2.12. The average molecular weight is 297 g/mol. The third kappa shape index (κ3) is 4.86. The molecule has 2 rings (SSSR count). The van der Waals surface area contributed by atoms with Crippen LogP contribution in [0, 0.1) is 5.92 Å². The highest BCUT2D eigenvalue weighted by Crippen LogP contribution is 2.11. The molecule has 1 aliphatic heterocycles. The highest BCUT2D eigenvalue weighted by atomic mass is 32.2. The SMILES string of the molecule is NS(=O)(=O)c1ccc(CCNCC2CCNCC2)cc1. The van der Waals surface area contributed by atoms with E-state index in [0.717, 1.165) is 44.1 Å². The van der Waals surface area contributed by atoms with Crippen molar-refractivity contribution in [3.05, 3.63) is 29.8 Å². The molecule has 1 aliphatic rings. The fraction of sp³-hybridized carbons (Fsp3) is 0.571. The molecule has 1 fully saturated rings. The summed E-state index contributed by atoms with van der Waals surface area (Å²) < 4.78 is 22.3.